The second-order valence-electron chi connectivity index (χ2n) is 4.44. The lowest BCUT2D eigenvalue weighted by molar-refractivity contribution is 0.0812. The predicted molar refractivity (Wildman–Crippen MR) is 69.8 cm³/mol. The van der Waals surface area contributed by atoms with Crippen LogP contribution in [0.3, 0.4) is 0 Å². The predicted octanol–water partition coefficient (Wildman–Crippen LogP) is 3.50. The van der Waals surface area contributed by atoms with Crippen molar-refractivity contribution in [3.05, 3.63) is 28.5 Å². The summed E-state index contributed by atoms with van der Waals surface area (Å²) in [5.41, 5.74) is 0. The molecule has 0 atom stereocenters. The van der Waals surface area contributed by atoms with E-state index in [4.69, 9.17) is 4.74 Å². The smallest absolute Gasteiger partial charge is 0.166 e. The van der Waals surface area contributed by atoms with Gasteiger partial charge in [-0.2, -0.15) is 0 Å². The van der Waals surface area contributed by atoms with Gasteiger partial charge in [-0.3, -0.25) is 0 Å². The van der Waals surface area contributed by atoms with Gasteiger partial charge in [-0.05, 0) is 44.0 Å². The maximum atomic E-state index is 13.5. The number of hydrogen-bond acceptors (Lipinski definition) is 2. The zero-order valence-electron chi connectivity index (χ0n) is 9.88. The maximum absolute atomic E-state index is 13.5. The molecule has 0 saturated heterocycles. The molecule has 1 aliphatic carbocycles. The normalized spacial score (nSPS) is 23.2. The molecule has 0 aromatic heterocycles. The molecular formula is C13H17BrFNO. The minimum absolute atomic E-state index is 0.153. The van der Waals surface area contributed by atoms with Crippen LogP contribution >= 0.6 is 15.9 Å². The molecule has 0 heterocycles. The molecule has 0 spiro atoms. The van der Waals surface area contributed by atoms with Crippen LogP contribution in [0, 0.1) is 5.82 Å². The molecule has 0 bridgehead atoms. The van der Waals surface area contributed by atoms with Crippen molar-refractivity contribution in [3.63, 3.8) is 0 Å². The first-order chi connectivity index (χ1) is 8.19. The highest BCUT2D eigenvalue weighted by Crippen LogP contribution is 2.28. The van der Waals surface area contributed by atoms with Gasteiger partial charge in [0.2, 0.25) is 0 Å². The van der Waals surface area contributed by atoms with E-state index in [-0.39, 0.29) is 11.9 Å². The number of halogens is 2. The number of hydrogen-bond donors (Lipinski definition) is 1. The zero-order valence-corrected chi connectivity index (χ0v) is 11.5. The molecule has 2 rings (SSSR count). The molecule has 2 nitrogen and oxygen atoms in total. The summed E-state index contributed by atoms with van der Waals surface area (Å²) < 4.78 is 19.8. The van der Waals surface area contributed by atoms with E-state index in [1.165, 1.54) is 6.07 Å². The van der Waals surface area contributed by atoms with Gasteiger partial charge < -0.3 is 10.1 Å². The molecule has 0 radical (unpaired) electrons. The summed E-state index contributed by atoms with van der Waals surface area (Å²) in [6.07, 6.45) is 3.23. The van der Waals surface area contributed by atoms with Crippen molar-refractivity contribution in [1.82, 2.24) is 5.32 Å². The summed E-state index contributed by atoms with van der Waals surface area (Å²) in [6.45, 7) is 3.20. The van der Waals surface area contributed by atoms with Gasteiger partial charge in [-0.1, -0.05) is 22.9 Å². The van der Waals surface area contributed by atoms with Crippen LogP contribution in [0.4, 0.5) is 4.39 Å². The van der Waals surface area contributed by atoms with Crippen LogP contribution in [0.5, 0.6) is 5.75 Å². The van der Waals surface area contributed by atoms with Gasteiger partial charge in [-0.15, -0.1) is 0 Å². The summed E-state index contributed by atoms with van der Waals surface area (Å²) >= 11 is 3.23. The molecule has 1 fully saturated rings. The number of benzene rings is 1. The summed E-state index contributed by atoms with van der Waals surface area (Å²) in [5.74, 6) is 0.0523. The molecule has 4 heteroatoms. The van der Waals surface area contributed by atoms with E-state index in [2.05, 4.69) is 28.2 Å². The first-order valence-electron chi connectivity index (χ1n) is 6.04. The topological polar surface area (TPSA) is 21.3 Å². The first-order valence-corrected chi connectivity index (χ1v) is 6.83. The third-order valence-corrected chi connectivity index (χ3v) is 3.46. The Labute approximate surface area is 110 Å². The molecule has 1 saturated carbocycles. The second-order valence-corrected chi connectivity index (χ2v) is 5.35. The highest BCUT2D eigenvalue weighted by molar-refractivity contribution is 9.10. The van der Waals surface area contributed by atoms with Crippen LogP contribution in [-0.4, -0.2) is 18.7 Å². The fourth-order valence-corrected chi connectivity index (χ4v) is 2.26. The Balaban J connectivity index is 1.79. The average molecular weight is 302 g/mol. The van der Waals surface area contributed by atoms with Crippen LogP contribution < -0.4 is 10.1 Å². The summed E-state index contributed by atoms with van der Waals surface area (Å²) in [5, 5.41) is 3.43. The minimum atomic E-state index is -0.302. The summed E-state index contributed by atoms with van der Waals surface area (Å²) in [7, 11) is 0. The van der Waals surface area contributed by atoms with E-state index in [1.807, 2.05) is 0 Å². The quantitative estimate of drug-likeness (QED) is 0.899. The Morgan fingerprint density at radius 2 is 2.24 bits per heavy atom. The first kappa shape index (κ1) is 12.8. The monoisotopic (exact) mass is 301 g/mol. The molecule has 0 aliphatic heterocycles. The molecule has 17 heavy (non-hydrogen) atoms. The van der Waals surface area contributed by atoms with E-state index in [9.17, 15) is 4.39 Å². The average Bonchev–Trinajstić information content (AvgIpc) is 2.24. The van der Waals surface area contributed by atoms with E-state index in [0.29, 0.717) is 11.8 Å². The van der Waals surface area contributed by atoms with Crippen molar-refractivity contribution in [2.75, 3.05) is 6.54 Å². The third-order valence-electron chi connectivity index (χ3n) is 2.97. The van der Waals surface area contributed by atoms with Crippen molar-refractivity contribution < 1.29 is 9.13 Å². The molecule has 0 amide bonds. The molecule has 1 aromatic carbocycles. The fourth-order valence-electron chi connectivity index (χ4n) is 1.93. The van der Waals surface area contributed by atoms with Crippen molar-refractivity contribution in [1.29, 1.82) is 0 Å². The van der Waals surface area contributed by atoms with E-state index >= 15 is 0 Å². The van der Waals surface area contributed by atoms with E-state index in [1.54, 1.807) is 12.1 Å². The summed E-state index contributed by atoms with van der Waals surface area (Å²) in [6, 6.07) is 5.44. The second kappa shape index (κ2) is 5.83. The highest BCUT2D eigenvalue weighted by atomic mass is 79.9. The van der Waals surface area contributed by atoms with Crippen LogP contribution in [0.2, 0.25) is 0 Å². The molecule has 0 unspecified atom stereocenters. The fraction of sp³-hybridized carbons (Fsp3) is 0.538. The van der Waals surface area contributed by atoms with E-state index < -0.39 is 0 Å². The van der Waals surface area contributed by atoms with Crippen LogP contribution in [-0.2, 0) is 0 Å². The Morgan fingerprint density at radius 3 is 2.88 bits per heavy atom. The van der Waals surface area contributed by atoms with Crippen molar-refractivity contribution in [2.24, 2.45) is 0 Å². The summed E-state index contributed by atoms with van der Waals surface area (Å²) in [4.78, 5) is 0. The Bertz CT molecular complexity index is 380. The molecule has 94 valence electrons. The molecular weight excluding hydrogens is 285 g/mol. The van der Waals surface area contributed by atoms with Gasteiger partial charge in [0.05, 0.1) is 0 Å². The van der Waals surface area contributed by atoms with Gasteiger partial charge >= 0.3 is 0 Å². The van der Waals surface area contributed by atoms with Gasteiger partial charge in [-0.25, -0.2) is 4.39 Å². The third kappa shape index (κ3) is 3.42. The number of nitrogens with one attached hydrogen (secondary N) is 1. The Kier molecular flexibility index (Phi) is 4.40. The highest BCUT2D eigenvalue weighted by Gasteiger charge is 2.30. The van der Waals surface area contributed by atoms with Crippen molar-refractivity contribution in [3.8, 4) is 5.75 Å². The van der Waals surface area contributed by atoms with Crippen LogP contribution in [0.15, 0.2) is 22.7 Å². The standard InChI is InChI=1S/C13H17BrFNO/c1-2-5-16-10-7-11(8-10)17-13-4-3-9(14)6-12(13)15/h3-4,6,10-11,16H,2,5,7-8H2,1H3. The van der Waals surface area contributed by atoms with Crippen LogP contribution in [0.25, 0.3) is 0 Å². The number of rotatable bonds is 5. The zero-order chi connectivity index (χ0) is 12.3. The van der Waals surface area contributed by atoms with Gasteiger partial charge in [0.25, 0.3) is 0 Å². The van der Waals surface area contributed by atoms with Gasteiger partial charge in [0.15, 0.2) is 11.6 Å². The molecule has 1 aromatic rings. The lowest BCUT2D eigenvalue weighted by atomic mass is 9.89. The Morgan fingerprint density at radius 1 is 1.47 bits per heavy atom. The van der Waals surface area contributed by atoms with Gasteiger partial charge in [0, 0.05) is 10.5 Å². The largest absolute Gasteiger partial charge is 0.487 e. The maximum Gasteiger partial charge on any atom is 0.166 e. The SMILES string of the molecule is CCCNC1CC(Oc2ccc(Br)cc2F)C1. The Hall–Kier alpha value is -0.610. The number of ether oxygens (including phenoxy) is 1. The lowest BCUT2D eigenvalue weighted by Crippen LogP contribution is -2.47. The van der Waals surface area contributed by atoms with Crippen molar-refractivity contribution in [2.45, 2.75) is 38.3 Å². The molecule has 1 aliphatic rings. The molecule has 1 N–H and O–H groups in total. The van der Waals surface area contributed by atoms with Crippen molar-refractivity contribution >= 4 is 15.9 Å². The lowest BCUT2D eigenvalue weighted by Gasteiger charge is -2.36. The van der Waals surface area contributed by atoms with Gasteiger partial charge in [0.1, 0.15) is 6.10 Å². The van der Waals surface area contributed by atoms with E-state index in [0.717, 1.165) is 30.3 Å². The minimum Gasteiger partial charge on any atom is -0.487 e. The van der Waals surface area contributed by atoms with Crippen LogP contribution in [0.1, 0.15) is 26.2 Å².